The molecule has 1 aliphatic heterocycles. The summed E-state index contributed by atoms with van der Waals surface area (Å²) in [5.74, 6) is 1.11. The van der Waals surface area contributed by atoms with E-state index in [2.05, 4.69) is 5.32 Å². The Hall–Kier alpha value is -2.21. The first-order valence-electron chi connectivity index (χ1n) is 8.17. The van der Waals surface area contributed by atoms with Crippen LogP contribution < -0.4 is 10.1 Å². The molecule has 0 spiro atoms. The fraction of sp³-hybridized carbons (Fsp3) is 0.368. The quantitative estimate of drug-likeness (QED) is 0.691. The first-order valence-corrected chi connectivity index (χ1v) is 8.17. The number of para-hydroxylation sites is 2. The molecular formula is C19H21F3N2O. The standard InChI is InChI=1S/C19H21F3N2O/c1-12(11-24(2)3)10-13-14(19(20,21)22)8-9-17-18(13)23-15-6-4-5-7-16(15)25-17/h4-9,12,23H,10-11H2,1-3H3. The molecule has 134 valence electrons. The van der Waals surface area contributed by atoms with Gasteiger partial charge in [-0.15, -0.1) is 0 Å². The fourth-order valence-corrected chi connectivity index (χ4v) is 3.27. The topological polar surface area (TPSA) is 24.5 Å². The van der Waals surface area contributed by atoms with E-state index in [1.165, 1.54) is 6.07 Å². The molecule has 1 atom stereocenters. The van der Waals surface area contributed by atoms with Crippen LogP contribution in [0.15, 0.2) is 36.4 Å². The minimum absolute atomic E-state index is 0.0709. The van der Waals surface area contributed by atoms with Crippen LogP contribution in [0.2, 0.25) is 0 Å². The van der Waals surface area contributed by atoms with Gasteiger partial charge in [0.1, 0.15) is 0 Å². The van der Waals surface area contributed by atoms with Crippen LogP contribution in [0.1, 0.15) is 18.1 Å². The van der Waals surface area contributed by atoms with Crippen molar-refractivity contribution in [2.45, 2.75) is 19.5 Å². The van der Waals surface area contributed by atoms with Crippen LogP contribution >= 0.6 is 0 Å². The Kier molecular flexibility index (Phi) is 4.64. The maximum absolute atomic E-state index is 13.5. The average Bonchev–Trinajstić information content (AvgIpc) is 2.51. The lowest BCUT2D eigenvalue weighted by atomic mass is 9.93. The molecule has 3 nitrogen and oxygen atoms in total. The highest BCUT2D eigenvalue weighted by Gasteiger charge is 2.36. The summed E-state index contributed by atoms with van der Waals surface area (Å²) < 4.78 is 46.5. The second kappa shape index (κ2) is 6.59. The molecule has 6 heteroatoms. The minimum atomic E-state index is -4.40. The Bertz CT molecular complexity index is 772. The summed E-state index contributed by atoms with van der Waals surface area (Å²) in [6, 6.07) is 9.74. The van der Waals surface area contributed by atoms with Gasteiger partial charge in [-0.1, -0.05) is 19.1 Å². The summed E-state index contributed by atoms with van der Waals surface area (Å²) in [6.07, 6.45) is -4.09. The number of anilines is 2. The number of nitrogens with one attached hydrogen (secondary N) is 1. The van der Waals surface area contributed by atoms with Crippen molar-refractivity contribution in [3.05, 3.63) is 47.5 Å². The lowest BCUT2D eigenvalue weighted by Crippen LogP contribution is -2.23. The monoisotopic (exact) mass is 350 g/mol. The Morgan fingerprint density at radius 1 is 1.08 bits per heavy atom. The second-order valence-corrected chi connectivity index (χ2v) is 6.76. The summed E-state index contributed by atoms with van der Waals surface area (Å²) in [4.78, 5) is 1.98. The molecule has 0 bridgehead atoms. The number of benzene rings is 2. The van der Waals surface area contributed by atoms with Gasteiger partial charge in [0.05, 0.1) is 16.9 Å². The van der Waals surface area contributed by atoms with E-state index in [9.17, 15) is 13.2 Å². The minimum Gasteiger partial charge on any atom is -0.453 e. The molecule has 0 saturated carbocycles. The largest absolute Gasteiger partial charge is 0.453 e. The molecule has 0 aromatic heterocycles. The summed E-state index contributed by atoms with van der Waals surface area (Å²) in [5, 5.41) is 3.14. The molecule has 2 aromatic carbocycles. The highest BCUT2D eigenvalue weighted by molar-refractivity contribution is 5.78. The van der Waals surface area contributed by atoms with Gasteiger partial charge >= 0.3 is 6.18 Å². The van der Waals surface area contributed by atoms with E-state index in [1.54, 1.807) is 12.1 Å². The zero-order valence-corrected chi connectivity index (χ0v) is 14.4. The van der Waals surface area contributed by atoms with Gasteiger partial charge in [0, 0.05) is 6.54 Å². The van der Waals surface area contributed by atoms with Gasteiger partial charge in [0.25, 0.3) is 0 Å². The van der Waals surface area contributed by atoms with E-state index >= 15 is 0 Å². The molecular weight excluding hydrogens is 329 g/mol. The molecule has 0 radical (unpaired) electrons. The smallest absolute Gasteiger partial charge is 0.416 e. The normalized spacial score (nSPS) is 14.4. The Balaban J connectivity index is 2.04. The summed E-state index contributed by atoms with van der Waals surface area (Å²) in [5.41, 5.74) is 0.746. The molecule has 0 amide bonds. The first-order chi connectivity index (χ1) is 11.8. The van der Waals surface area contributed by atoms with Gasteiger partial charge in [0.15, 0.2) is 11.5 Å². The number of ether oxygens (including phenoxy) is 1. The predicted octanol–water partition coefficient (Wildman–Crippen LogP) is 5.29. The van der Waals surface area contributed by atoms with Crippen molar-refractivity contribution < 1.29 is 17.9 Å². The van der Waals surface area contributed by atoms with Crippen LogP contribution in [0.5, 0.6) is 11.5 Å². The first kappa shape index (κ1) is 17.6. The third-order valence-electron chi connectivity index (χ3n) is 4.18. The van der Waals surface area contributed by atoms with Crippen LogP contribution in [0.3, 0.4) is 0 Å². The SMILES string of the molecule is CC(Cc1c(C(F)(F)F)ccc2c1Nc1ccccc1O2)CN(C)C. The lowest BCUT2D eigenvalue weighted by Gasteiger charge is -2.27. The van der Waals surface area contributed by atoms with E-state index in [0.717, 1.165) is 6.07 Å². The van der Waals surface area contributed by atoms with E-state index in [0.29, 0.717) is 35.8 Å². The lowest BCUT2D eigenvalue weighted by molar-refractivity contribution is -0.138. The van der Waals surface area contributed by atoms with Gasteiger partial charge in [0.2, 0.25) is 0 Å². The number of hydrogen-bond donors (Lipinski definition) is 1. The average molecular weight is 350 g/mol. The highest BCUT2D eigenvalue weighted by atomic mass is 19.4. The van der Waals surface area contributed by atoms with Crippen molar-refractivity contribution in [3.63, 3.8) is 0 Å². The zero-order chi connectivity index (χ0) is 18.2. The van der Waals surface area contributed by atoms with Crippen molar-refractivity contribution in [3.8, 4) is 11.5 Å². The maximum Gasteiger partial charge on any atom is 0.416 e. The predicted molar refractivity (Wildman–Crippen MR) is 92.7 cm³/mol. The number of alkyl halides is 3. The Labute approximate surface area is 145 Å². The molecule has 3 rings (SSSR count). The van der Waals surface area contributed by atoms with Crippen LogP contribution in [0.4, 0.5) is 24.5 Å². The fourth-order valence-electron chi connectivity index (χ4n) is 3.27. The number of nitrogens with zero attached hydrogens (tertiary/aromatic N) is 1. The van der Waals surface area contributed by atoms with Crippen molar-refractivity contribution >= 4 is 11.4 Å². The summed E-state index contributed by atoms with van der Waals surface area (Å²) >= 11 is 0. The number of rotatable bonds is 4. The summed E-state index contributed by atoms with van der Waals surface area (Å²) in [6.45, 7) is 2.66. The maximum atomic E-state index is 13.5. The molecule has 1 N–H and O–H groups in total. The van der Waals surface area contributed by atoms with E-state index in [1.807, 2.05) is 38.1 Å². The van der Waals surface area contributed by atoms with E-state index in [4.69, 9.17) is 4.74 Å². The summed E-state index contributed by atoms with van der Waals surface area (Å²) in [7, 11) is 3.83. The van der Waals surface area contributed by atoms with Gasteiger partial charge in [-0.3, -0.25) is 0 Å². The van der Waals surface area contributed by atoms with Crippen LogP contribution in [0.25, 0.3) is 0 Å². The number of hydrogen-bond acceptors (Lipinski definition) is 3. The van der Waals surface area contributed by atoms with E-state index < -0.39 is 11.7 Å². The van der Waals surface area contributed by atoms with Crippen molar-refractivity contribution in [1.82, 2.24) is 4.90 Å². The Morgan fingerprint density at radius 3 is 2.48 bits per heavy atom. The van der Waals surface area contributed by atoms with Crippen molar-refractivity contribution in [2.24, 2.45) is 5.92 Å². The van der Waals surface area contributed by atoms with E-state index in [-0.39, 0.29) is 11.5 Å². The highest BCUT2D eigenvalue weighted by Crippen LogP contribution is 2.47. The number of fused-ring (bicyclic) bond motifs is 2. The van der Waals surface area contributed by atoms with Crippen LogP contribution in [-0.2, 0) is 12.6 Å². The molecule has 1 heterocycles. The van der Waals surface area contributed by atoms with Crippen molar-refractivity contribution in [2.75, 3.05) is 26.0 Å². The second-order valence-electron chi connectivity index (χ2n) is 6.76. The van der Waals surface area contributed by atoms with Gasteiger partial charge in [-0.2, -0.15) is 13.2 Å². The van der Waals surface area contributed by atoms with Gasteiger partial charge in [-0.05, 0) is 56.3 Å². The van der Waals surface area contributed by atoms with Crippen molar-refractivity contribution in [1.29, 1.82) is 0 Å². The third-order valence-corrected chi connectivity index (χ3v) is 4.18. The van der Waals surface area contributed by atoms with Crippen LogP contribution in [0, 0.1) is 5.92 Å². The third kappa shape index (κ3) is 3.74. The zero-order valence-electron chi connectivity index (χ0n) is 14.4. The molecule has 25 heavy (non-hydrogen) atoms. The molecule has 1 unspecified atom stereocenters. The molecule has 2 aromatic rings. The molecule has 0 saturated heterocycles. The molecule has 1 aliphatic rings. The molecule has 0 fully saturated rings. The number of halogens is 3. The van der Waals surface area contributed by atoms with Gasteiger partial charge in [-0.25, -0.2) is 0 Å². The van der Waals surface area contributed by atoms with Crippen LogP contribution in [-0.4, -0.2) is 25.5 Å². The molecule has 0 aliphatic carbocycles. The Morgan fingerprint density at radius 2 is 1.80 bits per heavy atom. The van der Waals surface area contributed by atoms with Gasteiger partial charge < -0.3 is 15.0 Å².